The van der Waals surface area contributed by atoms with Crippen LogP contribution in [0.25, 0.3) is 10.4 Å². The number of sulfone groups is 1. The summed E-state index contributed by atoms with van der Waals surface area (Å²) < 4.78 is 23.2. The van der Waals surface area contributed by atoms with Gasteiger partial charge in [0, 0.05) is 45.4 Å². The van der Waals surface area contributed by atoms with E-state index >= 15 is 0 Å². The molecule has 3 aliphatic carbocycles. The molecule has 0 unspecified atom stereocenters. The summed E-state index contributed by atoms with van der Waals surface area (Å²) in [5, 5.41) is 12.9. The lowest BCUT2D eigenvalue weighted by Crippen LogP contribution is -2.40. The molecule has 5 fully saturated rings. The highest BCUT2D eigenvalue weighted by Crippen LogP contribution is 2.54. The molecule has 1 spiro atoms. The normalized spacial score (nSPS) is 24.1. The summed E-state index contributed by atoms with van der Waals surface area (Å²) in [6.07, 6.45) is 14.8. The van der Waals surface area contributed by atoms with E-state index in [1.165, 1.54) is 42.5 Å². The van der Waals surface area contributed by atoms with E-state index < -0.39 is 15.4 Å². The van der Waals surface area contributed by atoms with Gasteiger partial charge < -0.3 is 15.1 Å². The lowest BCUT2D eigenvalue weighted by molar-refractivity contribution is -0.126. The van der Waals surface area contributed by atoms with Crippen molar-refractivity contribution in [2.24, 2.45) is 11.3 Å². The molecular formula is C31H43N5O3S2. The topological polar surface area (TPSA) is 106 Å². The Balaban J connectivity index is 0.000000200. The van der Waals surface area contributed by atoms with E-state index in [4.69, 9.17) is 5.26 Å². The molecule has 1 aromatic heterocycles. The van der Waals surface area contributed by atoms with Crippen LogP contribution >= 0.6 is 11.3 Å². The van der Waals surface area contributed by atoms with Gasteiger partial charge in [-0.2, -0.15) is 5.26 Å². The minimum atomic E-state index is -2.84. The lowest BCUT2D eigenvalue weighted by atomic mass is 9.88. The van der Waals surface area contributed by atoms with Crippen molar-refractivity contribution >= 4 is 37.9 Å². The number of carbonyl (C=O) groups is 1. The zero-order chi connectivity index (χ0) is 28.5. The first kappa shape index (κ1) is 28.5. The molecule has 3 heterocycles. The van der Waals surface area contributed by atoms with Crippen LogP contribution < -0.4 is 15.1 Å². The number of carbonyl (C=O) groups excluding carboxylic acids is 1. The third-order valence-electron chi connectivity index (χ3n) is 9.71. The Kier molecular flexibility index (Phi) is 8.03. The molecule has 2 saturated heterocycles. The molecule has 1 N–H and O–H groups in total. The fourth-order valence-corrected chi connectivity index (χ4v) is 8.47. The van der Waals surface area contributed by atoms with Gasteiger partial charge in [0.15, 0.2) is 15.0 Å². The molecular weight excluding hydrogens is 555 g/mol. The molecule has 222 valence electrons. The van der Waals surface area contributed by atoms with Crippen LogP contribution in [0.5, 0.6) is 0 Å². The van der Waals surface area contributed by atoms with Gasteiger partial charge in [0.1, 0.15) is 5.54 Å². The van der Waals surface area contributed by atoms with E-state index in [1.54, 1.807) is 11.3 Å². The fraction of sp³-hybridized carbons (Fsp3) is 0.645. The Bertz CT molecular complexity index is 1370. The molecule has 1 aromatic carbocycles. The van der Waals surface area contributed by atoms with Gasteiger partial charge in [0.05, 0.1) is 22.5 Å². The van der Waals surface area contributed by atoms with E-state index in [0.29, 0.717) is 18.5 Å². The average Bonchev–Trinajstić information content (AvgIpc) is 3.90. The number of rotatable bonds is 5. The van der Waals surface area contributed by atoms with Crippen LogP contribution in [0.4, 0.5) is 10.8 Å². The van der Waals surface area contributed by atoms with Crippen LogP contribution in [-0.4, -0.2) is 62.5 Å². The van der Waals surface area contributed by atoms with Crippen LogP contribution in [0.1, 0.15) is 72.1 Å². The Morgan fingerprint density at radius 2 is 1.61 bits per heavy atom. The van der Waals surface area contributed by atoms with Gasteiger partial charge in [0.2, 0.25) is 5.91 Å². The quantitative estimate of drug-likeness (QED) is 0.491. The van der Waals surface area contributed by atoms with Gasteiger partial charge in [-0.05, 0) is 74.5 Å². The predicted molar refractivity (Wildman–Crippen MR) is 166 cm³/mol. The van der Waals surface area contributed by atoms with Crippen LogP contribution in [0, 0.1) is 22.7 Å². The minimum absolute atomic E-state index is 0. The number of aromatic nitrogens is 1. The Labute approximate surface area is 249 Å². The van der Waals surface area contributed by atoms with E-state index in [0.717, 1.165) is 62.4 Å². The van der Waals surface area contributed by atoms with E-state index in [2.05, 4.69) is 50.4 Å². The van der Waals surface area contributed by atoms with Crippen molar-refractivity contribution in [2.75, 3.05) is 47.5 Å². The van der Waals surface area contributed by atoms with Gasteiger partial charge in [-0.3, -0.25) is 4.79 Å². The summed E-state index contributed by atoms with van der Waals surface area (Å²) >= 11 is 1.78. The SMILES string of the molecule is N#CC1(NC(=O)C2CCCCC2)CC1.O=S1(=O)CCN(c2ccc(-c3cnc(N4CCC5(CC4)CC5)s3)cc2)CC1.[HH]. The number of benzene rings is 1. The van der Waals surface area contributed by atoms with E-state index in [9.17, 15) is 13.2 Å². The van der Waals surface area contributed by atoms with Crippen molar-refractivity contribution < 1.29 is 14.6 Å². The van der Waals surface area contributed by atoms with Crippen LogP contribution in [0.3, 0.4) is 0 Å². The summed E-state index contributed by atoms with van der Waals surface area (Å²) in [4.78, 5) is 22.2. The van der Waals surface area contributed by atoms with Gasteiger partial charge in [0.25, 0.3) is 0 Å². The number of nitrogens with zero attached hydrogens (tertiary/aromatic N) is 4. The first-order valence-corrected chi connectivity index (χ1v) is 17.9. The third-order valence-corrected chi connectivity index (χ3v) is 12.4. The number of hydrogen-bond donors (Lipinski definition) is 1. The average molecular weight is 598 g/mol. The first-order chi connectivity index (χ1) is 19.8. The van der Waals surface area contributed by atoms with Crippen molar-refractivity contribution in [3.8, 4) is 16.5 Å². The second kappa shape index (κ2) is 11.6. The van der Waals surface area contributed by atoms with Crippen molar-refractivity contribution in [3.05, 3.63) is 30.5 Å². The maximum atomic E-state index is 11.8. The Morgan fingerprint density at radius 3 is 2.20 bits per heavy atom. The highest BCUT2D eigenvalue weighted by molar-refractivity contribution is 7.91. The van der Waals surface area contributed by atoms with Crippen LogP contribution in [0.15, 0.2) is 30.5 Å². The van der Waals surface area contributed by atoms with E-state index in [1.807, 2.05) is 6.20 Å². The minimum Gasteiger partial charge on any atom is -0.369 e. The maximum absolute atomic E-state index is 11.8. The molecule has 10 heteroatoms. The first-order valence-electron chi connectivity index (χ1n) is 15.3. The fourth-order valence-electron chi connectivity index (χ4n) is 6.29. The standard InChI is InChI=1S/C20H25N3O2S2.C11H16N2O.H2/c24-27(25)13-11-22(12-14-27)17-3-1-16(2-4-17)18-15-21-19(26-18)23-9-7-20(5-6-20)8-10-23;12-8-11(6-7-11)13-10(14)9-4-2-1-3-5-9;/h1-4,15H,5-14H2;9H,1-7H2,(H,13,14);1H. The molecule has 5 aliphatic rings. The third kappa shape index (κ3) is 6.89. The predicted octanol–water partition coefficient (Wildman–Crippen LogP) is 5.41. The summed E-state index contributed by atoms with van der Waals surface area (Å²) in [7, 11) is -2.84. The number of piperidine rings is 1. The van der Waals surface area contributed by atoms with Gasteiger partial charge in [-0.25, -0.2) is 13.4 Å². The van der Waals surface area contributed by atoms with Crippen molar-refractivity contribution in [1.82, 2.24) is 10.3 Å². The molecule has 0 radical (unpaired) electrons. The smallest absolute Gasteiger partial charge is 0.224 e. The molecule has 0 atom stereocenters. The summed E-state index contributed by atoms with van der Waals surface area (Å²) in [5.74, 6) is 0.798. The molecule has 7 rings (SSSR count). The number of thiazole rings is 1. The summed E-state index contributed by atoms with van der Waals surface area (Å²) in [6.45, 7) is 3.46. The number of amides is 1. The number of nitrogens with one attached hydrogen (secondary N) is 1. The van der Waals surface area contributed by atoms with Crippen molar-refractivity contribution in [2.45, 2.75) is 76.2 Å². The number of hydrogen-bond acceptors (Lipinski definition) is 8. The number of nitriles is 1. The Morgan fingerprint density at radius 1 is 0.951 bits per heavy atom. The highest BCUT2D eigenvalue weighted by atomic mass is 32.2. The molecule has 41 heavy (non-hydrogen) atoms. The van der Waals surface area contributed by atoms with Crippen molar-refractivity contribution in [3.63, 3.8) is 0 Å². The maximum Gasteiger partial charge on any atom is 0.224 e. The monoisotopic (exact) mass is 597 g/mol. The van der Waals surface area contributed by atoms with E-state index in [-0.39, 0.29) is 24.8 Å². The zero-order valence-electron chi connectivity index (χ0n) is 23.8. The Hall–Kier alpha value is -2.64. The van der Waals surface area contributed by atoms with Crippen LogP contribution in [-0.2, 0) is 14.6 Å². The number of anilines is 2. The second-order valence-electron chi connectivity index (χ2n) is 12.7. The lowest BCUT2D eigenvalue weighted by Gasteiger charge is -2.31. The second-order valence-corrected chi connectivity index (χ2v) is 16.0. The largest absolute Gasteiger partial charge is 0.369 e. The molecule has 3 saturated carbocycles. The summed E-state index contributed by atoms with van der Waals surface area (Å²) in [5.41, 5.74) is 2.50. The van der Waals surface area contributed by atoms with Crippen molar-refractivity contribution in [1.29, 1.82) is 5.26 Å². The zero-order valence-corrected chi connectivity index (χ0v) is 25.4. The molecule has 1 amide bonds. The molecule has 2 aliphatic heterocycles. The molecule has 0 bridgehead atoms. The van der Waals surface area contributed by atoms with Crippen LogP contribution in [0.2, 0.25) is 0 Å². The highest BCUT2D eigenvalue weighted by Gasteiger charge is 2.46. The van der Waals surface area contributed by atoms with Gasteiger partial charge in [-0.1, -0.05) is 42.7 Å². The van der Waals surface area contributed by atoms with Gasteiger partial charge in [-0.15, -0.1) is 0 Å². The summed E-state index contributed by atoms with van der Waals surface area (Å²) in [6, 6.07) is 10.7. The molecule has 8 nitrogen and oxygen atoms in total. The van der Waals surface area contributed by atoms with Gasteiger partial charge >= 0.3 is 0 Å². The molecule has 2 aromatic rings.